The maximum Gasteiger partial charge on any atom is 0.308 e. The summed E-state index contributed by atoms with van der Waals surface area (Å²) in [7, 11) is 0. The van der Waals surface area contributed by atoms with Gasteiger partial charge in [0.05, 0.1) is 12.5 Å². The molecule has 0 spiro atoms. The van der Waals surface area contributed by atoms with Crippen LogP contribution in [0.2, 0.25) is 0 Å². The monoisotopic (exact) mass is 466 g/mol. The van der Waals surface area contributed by atoms with Crippen molar-refractivity contribution in [3.63, 3.8) is 0 Å². The van der Waals surface area contributed by atoms with E-state index in [9.17, 15) is 9.90 Å². The molecule has 0 radical (unpaired) electrons. The molecule has 34 heavy (non-hydrogen) atoms. The first-order valence-corrected chi connectivity index (χ1v) is 12.4. The van der Waals surface area contributed by atoms with E-state index in [1.54, 1.807) is 0 Å². The van der Waals surface area contributed by atoms with Crippen LogP contribution in [0, 0.1) is 6.92 Å². The van der Waals surface area contributed by atoms with Crippen molar-refractivity contribution >= 4 is 5.97 Å². The number of cyclic esters (lactones) is 1. The van der Waals surface area contributed by atoms with Gasteiger partial charge in [-0.05, 0) is 50.2 Å². The van der Waals surface area contributed by atoms with Crippen LogP contribution in [0.4, 0.5) is 0 Å². The third kappa shape index (κ3) is 5.25. The summed E-state index contributed by atoms with van der Waals surface area (Å²) in [6.45, 7) is 13.5. The molecule has 1 saturated heterocycles. The number of fused-ring (bicyclic) bond motifs is 1. The molecule has 2 unspecified atom stereocenters. The second-order valence-corrected chi connectivity index (χ2v) is 11.4. The SMILES string of the molecule is Cc1c(CCC2CC(O)CC(=O)O2)c2c(c(C(C)(C)C)c1OCc1ccccc1)CC(C)(C)O2. The second kappa shape index (κ2) is 9.26. The molecule has 0 aliphatic carbocycles. The van der Waals surface area contributed by atoms with Crippen LogP contribution in [-0.4, -0.2) is 28.9 Å². The number of hydrogen-bond donors (Lipinski definition) is 1. The van der Waals surface area contributed by atoms with Gasteiger partial charge in [0, 0.05) is 29.5 Å². The number of esters is 1. The summed E-state index contributed by atoms with van der Waals surface area (Å²) in [6.07, 6.45) is 1.82. The topological polar surface area (TPSA) is 65.0 Å². The predicted octanol–water partition coefficient (Wildman–Crippen LogP) is 5.58. The highest BCUT2D eigenvalue weighted by atomic mass is 16.5. The zero-order chi connectivity index (χ0) is 24.7. The molecule has 2 aliphatic heterocycles. The Bertz CT molecular complexity index is 1050. The standard InChI is InChI=1S/C29H38O5/c1-18-22(13-12-21-14-20(30)15-24(31)33-21)27-23(16-29(5,6)34-27)25(28(2,3)4)26(18)32-17-19-10-8-7-9-11-19/h7-11,20-21,30H,12-17H2,1-6H3. The van der Waals surface area contributed by atoms with Crippen molar-refractivity contribution in [2.75, 3.05) is 0 Å². The molecule has 5 heteroatoms. The van der Waals surface area contributed by atoms with Gasteiger partial charge in [-0.25, -0.2) is 0 Å². The predicted molar refractivity (Wildman–Crippen MR) is 133 cm³/mol. The Kier molecular flexibility index (Phi) is 6.69. The van der Waals surface area contributed by atoms with Crippen molar-refractivity contribution in [1.82, 2.24) is 0 Å². The minimum absolute atomic E-state index is 0.0833. The van der Waals surface area contributed by atoms with E-state index >= 15 is 0 Å². The van der Waals surface area contributed by atoms with Crippen LogP contribution in [0.15, 0.2) is 30.3 Å². The Hall–Kier alpha value is -2.53. The molecule has 184 valence electrons. The fourth-order valence-electron chi connectivity index (χ4n) is 5.31. The number of carbonyl (C=O) groups is 1. The summed E-state index contributed by atoms with van der Waals surface area (Å²) in [5, 5.41) is 10.0. The van der Waals surface area contributed by atoms with Crippen molar-refractivity contribution in [2.45, 2.75) is 103 Å². The van der Waals surface area contributed by atoms with Crippen LogP contribution in [-0.2, 0) is 34.4 Å². The van der Waals surface area contributed by atoms with Crippen LogP contribution in [0.1, 0.15) is 81.7 Å². The fourth-order valence-corrected chi connectivity index (χ4v) is 5.31. The van der Waals surface area contributed by atoms with Gasteiger partial charge in [0.25, 0.3) is 0 Å². The van der Waals surface area contributed by atoms with Gasteiger partial charge in [-0.1, -0.05) is 51.1 Å². The van der Waals surface area contributed by atoms with E-state index < -0.39 is 6.10 Å². The second-order valence-electron chi connectivity index (χ2n) is 11.4. The first kappa shape index (κ1) is 24.6. The van der Waals surface area contributed by atoms with E-state index in [0.717, 1.165) is 34.6 Å². The number of aliphatic hydroxyl groups is 1. The minimum atomic E-state index is -0.624. The molecule has 0 saturated carbocycles. The molecular formula is C29H38O5. The number of aliphatic hydroxyl groups excluding tert-OH is 1. The molecule has 2 heterocycles. The highest BCUT2D eigenvalue weighted by Crippen LogP contribution is 2.50. The van der Waals surface area contributed by atoms with Crippen molar-refractivity contribution in [3.05, 3.63) is 58.1 Å². The number of benzene rings is 2. The van der Waals surface area contributed by atoms with Gasteiger partial charge in [0.15, 0.2) is 0 Å². The van der Waals surface area contributed by atoms with Gasteiger partial charge >= 0.3 is 5.97 Å². The maximum absolute atomic E-state index is 11.8. The first-order chi connectivity index (χ1) is 15.9. The Labute approximate surface area is 203 Å². The molecule has 2 aromatic rings. The molecule has 1 fully saturated rings. The summed E-state index contributed by atoms with van der Waals surface area (Å²) in [5.74, 6) is 1.58. The van der Waals surface area contributed by atoms with Gasteiger partial charge < -0.3 is 19.3 Å². The Morgan fingerprint density at radius 3 is 2.53 bits per heavy atom. The van der Waals surface area contributed by atoms with E-state index in [-0.39, 0.29) is 29.5 Å². The van der Waals surface area contributed by atoms with E-state index in [1.165, 1.54) is 11.1 Å². The lowest BCUT2D eigenvalue weighted by Crippen LogP contribution is -2.32. The zero-order valence-corrected chi connectivity index (χ0v) is 21.4. The van der Waals surface area contributed by atoms with Crippen LogP contribution >= 0.6 is 0 Å². The van der Waals surface area contributed by atoms with E-state index in [0.29, 0.717) is 25.9 Å². The molecule has 2 atom stereocenters. The van der Waals surface area contributed by atoms with Crippen LogP contribution in [0.25, 0.3) is 0 Å². The maximum atomic E-state index is 11.8. The van der Waals surface area contributed by atoms with E-state index in [1.807, 2.05) is 18.2 Å². The molecule has 0 bridgehead atoms. The highest BCUT2D eigenvalue weighted by molar-refractivity contribution is 5.71. The lowest BCUT2D eigenvalue weighted by molar-refractivity contribution is -0.160. The van der Waals surface area contributed by atoms with Gasteiger partial charge in [0.2, 0.25) is 0 Å². The number of hydrogen-bond acceptors (Lipinski definition) is 5. The highest BCUT2D eigenvalue weighted by Gasteiger charge is 2.40. The smallest absolute Gasteiger partial charge is 0.308 e. The summed E-state index contributed by atoms with van der Waals surface area (Å²) in [5.41, 5.74) is 5.35. The molecule has 4 rings (SSSR count). The summed E-state index contributed by atoms with van der Waals surface area (Å²) >= 11 is 0. The lowest BCUT2D eigenvalue weighted by Gasteiger charge is -2.30. The Balaban J connectivity index is 1.73. The average Bonchev–Trinajstić information content (AvgIpc) is 3.04. The number of ether oxygens (including phenoxy) is 3. The third-order valence-electron chi connectivity index (χ3n) is 6.78. The van der Waals surface area contributed by atoms with E-state index in [2.05, 4.69) is 53.7 Å². The van der Waals surface area contributed by atoms with Crippen LogP contribution in [0.5, 0.6) is 11.5 Å². The average molecular weight is 467 g/mol. The minimum Gasteiger partial charge on any atom is -0.488 e. The molecule has 2 aliphatic rings. The summed E-state index contributed by atoms with van der Waals surface area (Å²) in [6, 6.07) is 10.2. The summed E-state index contributed by atoms with van der Waals surface area (Å²) < 4.78 is 18.6. The first-order valence-electron chi connectivity index (χ1n) is 12.4. The third-order valence-corrected chi connectivity index (χ3v) is 6.78. The Morgan fingerprint density at radius 1 is 1.18 bits per heavy atom. The van der Waals surface area contributed by atoms with Crippen molar-refractivity contribution in [1.29, 1.82) is 0 Å². The van der Waals surface area contributed by atoms with Gasteiger partial charge in [-0.2, -0.15) is 0 Å². The van der Waals surface area contributed by atoms with Gasteiger partial charge in [0.1, 0.15) is 29.8 Å². The number of carbonyl (C=O) groups excluding carboxylic acids is 1. The quantitative estimate of drug-likeness (QED) is 0.563. The molecule has 0 aromatic heterocycles. The fraction of sp³-hybridized carbons (Fsp3) is 0.552. The van der Waals surface area contributed by atoms with Crippen molar-refractivity contribution in [3.8, 4) is 11.5 Å². The molecule has 2 aromatic carbocycles. The van der Waals surface area contributed by atoms with Crippen molar-refractivity contribution in [2.24, 2.45) is 0 Å². The normalized spacial score (nSPS) is 21.6. The molecule has 0 amide bonds. The lowest BCUT2D eigenvalue weighted by atomic mass is 9.78. The summed E-state index contributed by atoms with van der Waals surface area (Å²) in [4.78, 5) is 11.8. The largest absolute Gasteiger partial charge is 0.488 e. The van der Waals surface area contributed by atoms with Gasteiger partial charge in [-0.3, -0.25) is 4.79 Å². The van der Waals surface area contributed by atoms with Crippen LogP contribution in [0.3, 0.4) is 0 Å². The molecule has 5 nitrogen and oxygen atoms in total. The van der Waals surface area contributed by atoms with Crippen LogP contribution < -0.4 is 9.47 Å². The van der Waals surface area contributed by atoms with E-state index in [4.69, 9.17) is 14.2 Å². The Morgan fingerprint density at radius 2 is 1.88 bits per heavy atom. The zero-order valence-electron chi connectivity index (χ0n) is 21.4. The van der Waals surface area contributed by atoms with Gasteiger partial charge in [-0.15, -0.1) is 0 Å². The number of rotatable bonds is 6. The molecule has 1 N–H and O–H groups in total. The molecular weight excluding hydrogens is 428 g/mol. The van der Waals surface area contributed by atoms with Crippen molar-refractivity contribution < 1.29 is 24.1 Å².